The number of aromatic amines is 1. The van der Waals surface area contributed by atoms with Crippen LogP contribution in [-0.2, 0) is 9.59 Å². The van der Waals surface area contributed by atoms with Gasteiger partial charge < -0.3 is 15.4 Å². The molecule has 0 fully saturated rings. The summed E-state index contributed by atoms with van der Waals surface area (Å²) >= 11 is 0. The number of nitrogens with zero attached hydrogens (tertiary/aromatic N) is 1. The monoisotopic (exact) mass is 361 g/mol. The Morgan fingerprint density at radius 2 is 1.96 bits per heavy atom. The van der Waals surface area contributed by atoms with Crippen LogP contribution in [0.1, 0.15) is 39.2 Å². The lowest BCUT2D eigenvalue weighted by molar-refractivity contribution is -0.137. The number of rotatable bonds is 8. The lowest BCUT2D eigenvalue weighted by Gasteiger charge is -2.24. The Balaban J connectivity index is 2.40. The van der Waals surface area contributed by atoms with Crippen LogP contribution in [0.3, 0.4) is 0 Å². The smallest absolute Gasteiger partial charge is 0.329 e. The maximum Gasteiger partial charge on any atom is 0.329 e. The van der Waals surface area contributed by atoms with E-state index in [9.17, 15) is 19.2 Å². The van der Waals surface area contributed by atoms with Gasteiger partial charge in [0.1, 0.15) is 6.04 Å². The third-order valence-electron chi connectivity index (χ3n) is 4.43. The highest BCUT2D eigenvalue weighted by Crippen LogP contribution is 2.19. The van der Waals surface area contributed by atoms with E-state index in [1.165, 1.54) is 0 Å². The summed E-state index contributed by atoms with van der Waals surface area (Å²) in [5.74, 6) is -1.66. The Bertz CT molecular complexity index is 915. The Morgan fingerprint density at radius 3 is 2.62 bits per heavy atom. The van der Waals surface area contributed by atoms with E-state index in [-0.39, 0.29) is 25.3 Å². The molecule has 1 aromatic heterocycles. The van der Waals surface area contributed by atoms with Crippen molar-refractivity contribution >= 4 is 22.8 Å². The van der Waals surface area contributed by atoms with Gasteiger partial charge in [-0.15, -0.1) is 0 Å². The van der Waals surface area contributed by atoms with E-state index in [4.69, 9.17) is 5.11 Å². The summed E-state index contributed by atoms with van der Waals surface area (Å²) in [6.07, 6.45) is 0.800. The number of aliphatic carboxylic acids is 1. The minimum absolute atomic E-state index is 0.0647. The Hall–Kier alpha value is -2.90. The SMILES string of the molecule is CCC(C)C(C(=O)NCCCC(=O)O)n1c(=O)[nH]c2ccccc2c1=O. The van der Waals surface area contributed by atoms with Gasteiger partial charge in [0, 0.05) is 13.0 Å². The minimum Gasteiger partial charge on any atom is -0.481 e. The van der Waals surface area contributed by atoms with Gasteiger partial charge in [-0.2, -0.15) is 0 Å². The van der Waals surface area contributed by atoms with Crippen molar-refractivity contribution in [1.82, 2.24) is 14.9 Å². The summed E-state index contributed by atoms with van der Waals surface area (Å²) in [5.41, 5.74) is -0.737. The van der Waals surface area contributed by atoms with Crippen LogP contribution in [0.25, 0.3) is 10.9 Å². The van der Waals surface area contributed by atoms with Crippen molar-refractivity contribution in [1.29, 1.82) is 0 Å². The Kier molecular flexibility index (Phi) is 6.32. The first-order chi connectivity index (χ1) is 12.4. The van der Waals surface area contributed by atoms with Crippen LogP contribution in [0, 0.1) is 5.92 Å². The van der Waals surface area contributed by atoms with Crippen LogP contribution >= 0.6 is 0 Å². The predicted octanol–water partition coefficient (Wildman–Crippen LogP) is 1.26. The predicted molar refractivity (Wildman–Crippen MR) is 97.2 cm³/mol. The third kappa shape index (κ3) is 4.19. The summed E-state index contributed by atoms with van der Waals surface area (Å²) in [5, 5.41) is 11.6. The summed E-state index contributed by atoms with van der Waals surface area (Å²) in [7, 11) is 0. The van der Waals surface area contributed by atoms with Crippen LogP contribution in [0.15, 0.2) is 33.9 Å². The molecule has 26 heavy (non-hydrogen) atoms. The van der Waals surface area contributed by atoms with Crippen molar-refractivity contribution in [3.8, 4) is 0 Å². The average molecular weight is 361 g/mol. The molecule has 2 atom stereocenters. The summed E-state index contributed by atoms with van der Waals surface area (Å²) in [4.78, 5) is 51.2. The summed E-state index contributed by atoms with van der Waals surface area (Å²) < 4.78 is 0.961. The number of benzene rings is 1. The highest BCUT2D eigenvalue weighted by Gasteiger charge is 2.29. The number of H-pyrrole nitrogens is 1. The van der Waals surface area contributed by atoms with E-state index >= 15 is 0 Å². The molecule has 0 aliphatic heterocycles. The highest BCUT2D eigenvalue weighted by molar-refractivity contribution is 5.82. The van der Waals surface area contributed by atoms with E-state index in [0.717, 1.165) is 4.57 Å². The first kappa shape index (κ1) is 19.4. The molecule has 0 aliphatic carbocycles. The summed E-state index contributed by atoms with van der Waals surface area (Å²) in [6, 6.07) is 5.67. The molecule has 2 unspecified atom stereocenters. The fraction of sp³-hybridized carbons (Fsp3) is 0.444. The van der Waals surface area contributed by atoms with Gasteiger partial charge in [-0.1, -0.05) is 32.4 Å². The van der Waals surface area contributed by atoms with E-state index in [2.05, 4.69) is 10.3 Å². The Morgan fingerprint density at radius 1 is 1.27 bits per heavy atom. The van der Waals surface area contributed by atoms with Gasteiger partial charge in [0.05, 0.1) is 10.9 Å². The number of amides is 1. The van der Waals surface area contributed by atoms with Gasteiger partial charge in [0.2, 0.25) is 5.91 Å². The number of para-hydroxylation sites is 1. The molecular formula is C18H23N3O5. The number of carboxylic acid groups (broad SMARTS) is 1. The van der Waals surface area contributed by atoms with Crippen molar-refractivity contribution in [2.24, 2.45) is 5.92 Å². The molecule has 0 radical (unpaired) electrons. The number of carboxylic acids is 1. The zero-order valence-electron chi connectivity index (χ0n) is 14.8. The molecule has 1 heterocycles. The van der Waals surface area contributed by atoms with Crippen LogP contribution in [0.5, 0.6) is 0 Å². The molecule has 2 rings (SSSR count). The quantitative estimate of drug-likeness (QED) is 0.611. The normalized spacial score (nSPS) is 13.3. The van der Waals surface area contributed by atoms with Crippen molar-refractivity contribution < 1.29 is 14.7 Å². The van der Waals surface area contributed by atoms with Crippen molar-refractivity contribution in [3.63, 3.8) is 0 Å². The largest absolute Gasteiger partial charge is 0.481 e. The van der Waals surface area contributed by atoms with Crippen molar-refractivity contribution in [2.75, 3.05) is 6.54 Å². The number of aromatic nitrogens is 2. The molecule has 0 bridgehead atoms. The van der Waals surface area contributed by atoms with E-state index in [0.29, 0.717) is 17.3 Å². The molecule has 0 aliphatic rings. The van der Waals surface area contributed by atoms with Crippen LogP contribution in [0.2, 0.25) is 0 Å². The van der Waals surface area contributed by atoms with Gasteiger partial charge in [-0.25, -0.2) is 9.36 Å². The first-order valence-electron chi connectivity index (χ1n) is 8.59. The second kappa shape index (κ2) is 8.46. The van der Waals surface area contributed by atoms with Crippen LogP contribution < -0.4 is 16.6 Å². The number of carbonyl (C=O) groups excluding carboxylic acids is 1. The van der Waals surface area contributed by atoms with E-state index in [1.54, 1.807) is 31.2 Å². The molecule has 2 aromatic rings. The van der Waals surface area contributed by atoms with E-state index < -0.39 is 29.2 Å². The van der Waals surface area contributed by atoms with Crippen molar-refractivity contribution in [3.05, 3.63) is 45.1 Å². The van der Waals surface area contributed by atoms with Crippen LogP contribution in [-0.4, -0.2) is 33.1 Å². The lowest BCUT2D eigenvalue weighted by atomic mass is 9.97. The third-order valence-corrected chi connectivity index (χ3v) is 4.43. The Labute approximate surface area is 149 Å². The zero-order chi connectivity index (χ0) is 19.3. The lowest BCUT2D eigenvalue weighted by Crippen LogP contribution is -2.47. The standard InChI is InChI=1S/C18H23N3O5/c1-3-11(2)15(16(24)19-10-6-9-14(22)23)21-17(25)12-7-4-5-8-13(12)20-18(21)26/h4-5,7-8,11,15H,3,6,9-10H2,1-2H3,(H,19,24)(H,20,26)(H,22,23). The van der Waals surface area contributed by atoms with Crippen molar-refractivity contribution in [2.45, 2.75) is 39.2 Å². The molecule has 8 nitrogen and oxygen atoms in total. The number of nitrogens with one attached hydrogen (secondary N) is 2. The first-order valence-corrected chi connectivity index (χ1v) is 8.59. The molecule has 0 saturated carbocycles. The maximum absolute atomic E-state index is 12.8. The molecule has 1 amide bonds. The van der Waals surface area contributed by atoms with Gasteiger partial charge in [-0.3, -0.25) is 14.4 Å². The molecule has 0 spiro atoms. The minimum atomic E-state index is -0.967. The fourth-order valence-corrected chi connectivity index (χ4v) is 2.84. The molecule has 8 heteroatoms. The fourth-order valence-electron chi connectivity index (χ4n) is 2.84. The van der Waals surface area contributed by atoms with Gasteiger partial charge >= 0.3 is 11.7 Å². The second-order valence-electron chi connectivity index (χ2n) is 6.27. The zero-order valence-corrected chi connectivity index (χ0v) is 14.8. The molecule has 1 aromatic carbocycles. The molecular weight excluding hydrogens is 338 g/mol. The molecule has 140 valence electrons. The number of fused-ring (bicyclic) bond motifs is 1. The average Bonchev–Trinajstić information content (AvgIpc) is 2.61. The number of carbonyl (C=O) groups is 2. The maximum atomic E-state index is 12.8. The van der Waals surface area contributed by atoms with Crippen LogP contribution in [0.4, 0.5) is 0 Å². The molecule has 3 N–H and O–H groups in total. The number of hydrogen-bond acceptors (Lipinski definition) is 4. The summed E-state index contributed by atoms with van der Waals surface area (Å²) in [6.45, 7) is 3.83. The van der Waals surface area contributed by atoms with Gasteiger partial charge in [0.15, 0.2) is 0 Å². The second-order valence-corrected chi connectivity index (χ2v) is 6.27. The molecule has 0 saturated heterocycles. The van der Waals surface area contributed by atoms with E-state index in [1.807, 2.05) is 6.92 Å². The highest BCUT2D eigenvalue weighted by atomic mass is 16.4. The van der Waals surface area contributed by atoms with Gasteiger partial charge in [0.25, 0.3) is 5.56 Å². The van der Waals surface area contributed by atoms with Gasteiger partial charge in [-0.05, 0) is 24.5 Å². The number of hydrogen-bond donors (Lipinski definition) is 3. The topological polar surface area (TPSA) is 121 Å².